The zero-order valence-electron chi connectivity index (χ0n) is 11.0. The Bertz CT molecular complexity index is 647. The van der Waals surface area contributed by atoms with Gasteiger partial charge in [0.25, 0.3) is 0 Å². The Kier molecular flexibility index (Phi) is 5.83. The molecule has 0 radical (unpaired) electrons. The van der Waals surface area contributed by atoms with E-state index in [1.807, 2.05) is 30.3 Å². The number of hydrazone groups is 1. The second-order valence-corrected chi connectivity index (χ2v) is 5.53. The molecular formula is C15H13BrFN3S. The van der Waals surface area contributed by atoms with Gasteiger partial charge in [-0.25, -0.2) is 4.39 Å². The molecule has 3 nitrogen and oxygen atoms in total. The number of nitrogens with one attached hydrogen (secondary N) is 2. The van der Waals surface area contributed by atoms with Crippen LogP contribution in [0.2, 0.25) is 0 Å². The molecule has 0 saturated heterocycles. The molecule has 0 fully saturated rings. The molecule has 6 heteroatoms. The maximum atomic E-state index is 13.5. The van der Waals surface area contributed by atoms with Crippen LogP contribution in [-0.2, 0) is 6.54 Å². The Hall–Kier alpha value is -1.79. The molecule has 2 rings (SSSR count). The van der Waals surface area contributed by atoms with E-state index in [4.69, 9.17) is 12.2 Å². The third-order valence-corrected chi connectivity index (χ3v) is 3.36. The lowest BCUT2D eigenvalue weighted by Crippen LogP contribution is -2.31. The summed E-state index contributed by atoms with van der Waals surface area (Å²) in [5.74, 6) is -0.349. The van der Waals surface area contributed by atoms with E-state index < -0.39 is 0 Å². The van der Waals surface area contributed by atoms with Gasteiger partial charge in [-0.3, -0.25) is 5.43 Å². The summed E-state index contributed by atoms with van der Waals surface area (Å²) >= 11 is 8.28. The van der Waals surface area contributed by atoms with Gasteiger partial charge in [-0.2, -0.15) is 5.10 Å². The normalized spacial score (nSPS) is 10.6. The molecule has 0 aliphatic carbocycles. The Morgan fingerprint density at radius 2 is 2.00 bits per heavy atom. The van der Waals surface area contributed by atoms with Crippen LogP contribution < -0.4 is 10.7 Å². The van der Waals surface area contributed by atoms with Crippen molar-refractivity contribution in [3.05, 3.63) is 69.9 Å². The summed E-state index contributed by atoms with van der Waals surface area (Å²) in [7, 11) is 0. The first-order chi connectivity index (χ1) is 10.1. The van der Waals surface area contributed by atoms with Gasteiger partial charge in [0.05, 0.1) is 6.21 Å². The first kappa shape index (κ1) is 15.6. The van der Waals surface area contributed by atoms with Crippen LogP contribution in [0, 0.1) is 5.82 Å². The van der Waals surface area contributed by atoms with Crippen LogP contribution in [0.15, 0.2) is 58.1 Å². The monoisotopic (exact) mass is 365 g/mol. The highest BCUT2D eigenvalue weighted by Gasteiger charge is 1.99. The van der Waals surface area contributed by atoms with E-state index in [1.165, 1.54) is 12.3 Å². The molecule has 0 aromatic heterocycles. The molecule has 2 aromatic rings. The first-order valence-corrected chi connectivity index (χ1v) is 7.41. The molecule has 0 amide bonds. The van der Waals surface area contributed by atoms with Gasteiger partial charge in [-0.1, -0.05) is 46.3 Å². The minimum Gasteiger partial charge on any atom is -0.357 e. The average molecular weight is 366 g/mol. The smallest absolute Gasteiger partial charge is 0.187 e. The Morgan fingerprint density at radius 3 is 2.71 bits per heavy atom. The molecule has 21 heavy (non-hydrogen) atoms. The molecule has 0 aliphatic heterocycles. The predicted molar refractivity (Wildman–Crippen MR) is 90.7 cm³/mol. The maximum Gasteiger partial charge on any atom is 0.187 e. The van der Waals surface area contributed by atoms with Crippen molar-refractivity contribution < 1.29 is 4.39 Å². The number of benzene rings is 2. The van der Waals surface area contributed by atoms with Crippen LogP contribution >= 0.6 is 28.1 Å². The molecule has 2 N–H and O–H groups in total. The largest absolute Gasteiger partial charge is 0.357 e. The van der Waals surface area contributed by atoms with E-state index in [9.17, 15) is 4.39 Å². The SMILES string of the molecule is Fc1cc(Br)ccc1/C=N\NC(=S)NCc1ccccc1. The standard InChI is InChI=1S/C15H13BrFN3S/c16-13-7-6-12(14(17)8-13)10-19-20-15(21)18-9-11-4-2-1-3-5-11/h1-8,10H,9H2,(H2,18,20,21)/b19-10-. The van der Waals surface area contributed by atoms with E-state index in [-0.39, 0.29) is 5.82 Å². The highest BCUT2D eigenvalue weighted by atomic mass is 79.9. The Balaban J connectivity index is 1.82. The van der Waals surface area contributed by atoms with Crippen molar-refractivity contribution in [2.45, 2.75) is 6.54 Å². The van der Waals surface area contributed by atoms with Gasteiger partial charge in [0.15, 0.2) is 5.11 Å². The second kappa shape index (κ2) is 7.85. The molecular weight excluding hydrogens is 353 g/mol. The lowest BCUT2D eigenvalue weighted by Gasteiger charge is -2.06. The fraction of sp³-hybridized carbons (Fsp3) is 0.0667. The minimum absolute atomic E-state index is 0.349. The van der Waals surface area contributed by atoms with Crippen LogP contribution in [0.5, 0.6) is 0 Å². The summed E-state index contributed by atoms with van der Waals surface area (Å²) < 4.78 is 14.2. The third-order valence-electron chi connectivity index (χ3n) is 2.63. The third kappa shape index (κ3) is 5.24. The van der Waals surface area contributed by atoms with Crippen LogP contribution in [0.1, 0.15) is 11.1 Å². The second-order valence-electron chi connectivity index (χ2n) is 4.20. The molecule has 2 aromatic carbocycles. The fourth-order valence-corrected chi connectivity index (χ4v) is 2.04. The molecule has 0 spiro atoms. The van der Waals surface area contributed by atoms with Crippen LogP contribution in [0.4, 0.5) is 4.39 Å². The maximum absolute atomic E-state index is 13.5. The quantitative estimate of drug-likeness (QED) is 0.493. The highest BCUT2D eigenvalue weighted by Crippen LogP contribution is 2.13. The summed E-state index contributed by atoms with van der Waals surface area (Å²) in [5.41, 5.74) is 4.16. The molecule has 0 aliphatic rings. The number of hydrogen-bond acceptors (Lipinski definition) is 2. The van der Waals surface area contributed by atoms with Crippen LogP contribution in [-0.4, -0.2) is 11.3 Å². The lowest BCUT2D eigenvalue weighted by molar-refractivity contribution is 0.625. The van der Waals surface area contributed by atoms with Crippen molar-refractivity contribution in [1.29, 1.82) is 0 Å². The predicted octanol–water partition coefficient (Wildman–Crippen LogP) is 3.59. The highest BCUT2D eigenvalue weighted by molar-refractivity contribution is 9.10. The van der Waals surface area contributed by atoms with E-state index in [0.717, 1.165) is 5.56 Å². The van der Waals surface area contributed by atoms with Crippen molar-refractivity contribution in [2.75, 3.05) is 0 Å². The van der Waals surface area contributed by atoms with Crippen molar-refractivity contribution in [2.24, 2.45) is 5.10 Å². The van der Waals surface area contributed by atoms with E-state index in [1.54, 1.807) is 12.1 Å². The van der Waals surface area contributed by atoms with Crippen molar-refractivity contribution in [3.8, 4) is 0 Å². The minimum atomic E-state index is -0.349. The topological polar surface area (TPSA) is 36.4 Å². The van der Waals surface area contributed by atoms with Crippen molar-refractivity contribution in [1.82, 2.24) is 10.7 Å². The summed E-state index contributed by atoms with van der Waals surface area (Å²) in [6.45, 7) is 0.606. The molecule has 108 valence electrons. The van der Waals surface area contributed by atoms with E-state index in [0.29, 0.717) is 21.7 Å². The Labute approximate surface area is 136 Å². The number of rotatable bonds is 4. The summed E-state index contributed by atoms with van der Waals surface area (Å²) in [5, 5.41) is 7.31. The van der Waals surface area contributed by atoms with Crippen molar-refractivity contribution in [3.63, 3.8) is 0 Å². The zero-order valence-corrected chi connectivity index (χ0v) is 13.4. The fourth-order valence-electron chi connectivity index (χ4n) is 1.58. The summed E-state index contributed by atoms with van der Waals surface area (Å²) in [4.78, 5) is 0. The number of halogens is 2. The molecule has 0 unspecified atom stereocenters. The van der Waals surface area contributed by atoms with E-state index in [2.05, 4.69) is 31.8 Å². The van der Waals surface area contributed by atoms with Gasteiger partial charge in [-0.15, -0.1) is 0 Å². The zero-order chi connectivity index (χ0) is 15.1. The lowest BCUT2D eigenvalue weighted by atomic mass is 10.2. The van der Waals surface area contributed by atoms with Gasteiger partial charge in [-0.05, 0) is 36.0 Å². The summed E-state index contributed by atoms with van der Waals surface area (Å²) in [6.07, 6.45) is 1.39. The Morgan fingerprint density at radius 1 is 1.24 bits per heavy atom. The van der Waals surface area contributed by atoms with E-state index >= 15 is 0 Å². The van der Waals surface area contributed by atoms with Crippen LogP contribution in [0.25, 0.3) is 0 Å². The number of nitrogens with zero attached hydrogens (tertiary/aromatic N) is 1. The van der Waals surface area contributed by atoms with Crippen molar-refractivity contribution >= 4 is 39.5 Å². The number of thiocarbonyl (C=S) groups is 1. The van der Waals surface area contributed by atoms with Gasteiger partial charge >= 0.3 is 0 Å². The first-order valence-electron chi connectivity index (χ1n) is 6.21. The molecule has 0 heterocycles. The van der Waals surface area contributed by atoms with Gasteiger partial charge in [0, 0.05) is 16.6 Å². The summed E-state index contributed by atoms with van der Waals surface area (Å²) in [6, 6.07) is 14.6. The van der Waals surface area contributed by atoms with Crippen LogP contribution in [0.3, 0.4) is 0 Å². The number of hydrogen-bond donors (Lipinski definition) is 2. The molecule has 0 atom stereocenters. The molecule has 0 saturated carbocycles. The van der Waals surface area contributed by atoms with Gasteiger partial charge < -0.3 is 5.32 Å². The average Bonchev–Trinajstić information content (AvgIpc) is 2.48. The molecule has 0 bridgehead atoms. The van der Waals surface area contributed by atoms with Gasteiger partial charge in [0.1, 0.15) is 5.82 Å². The van der Waals surface area contributed by atoms with Gasteiger partial charge in [0.2, 0.25) is 0 Å².